The molecule has 0 amide bonds. The maximum atomic E-state index is 12.6. The highest BCUT2D eigenvalue weighted by molar-refractivity contribution is 6.01. The van der Waals surface area contributed by atoms with E-state index in [2.05, 4.69) is 30.7 Å². The van der Waals surface area contributed by atoms with E-state index in [4.69, 9.17) is 0 Å². The van der Waals surface area contributed by atoms with Gasteiger partial charge in [-0.2, -0.15) is 0 Å². The van der Waals surface area contributed by atoms with Crippen LogP contribution in [0.3, 0.4) is 0 Å². The molecule has 1 aromatic rings. The van der Waals surface area contributed by atoms with Crippen molar-refractivity contribution >= 4 is 5.78 Å². The lowest BCUT2D eigenvalue weighted by Crippen LogP contribution is -2.31. The zero-order valence-corrected chi connectivity index (χ0v) is 12.1. The van der Waals surface area contributed by atoms with Gasteiger partial charge in [-0.1, -0.05) is 13.8 Å². The fraction of sp³-hybridized carbons (Fsp3) is 0.667. The summed E-state index contributed by atoms with van der Waals surface area (Å²) in [4.78, 5) is 18.1. The molecule has 1 unspecified atom stereocenters. The lowest BCUT2D eigenvalue weighted by atomic mass is 9.84. The summed E-state index contributed by atoms with van der Waals surface area (Å²) in [5, 5.41) is 0. The van der Waals surface area contributed by atoms with E-state index in [1.807, 2.05) is 14.1 Å². The van der Waals surface area contributed by atoms with Crippen molar-refractivity contribution in [3.8, 4) is 0 Å². The van der Waals surface area contributed by atoms with Crippen LogP contribution in [-0.2, 0) is 6.42 Å². The molecule has 1 aliphatic carbocycles. The second-order valence-corrected chi connectivity index (χ2v) is 6.03. The van der Waals surface area contributed by atoms with Gasteiger partial charge in [-0.05, 0) is 45.3 Å². The minimum atomic E-state index is 0.169. The van der Waals surface area contributed by atoms with Gasteiger partial charge in [0.05, 0.1) is 0 Å². The molecule has 0 saturated carbocycles. The Labute approximate surface area is 110 Å². The Balaban J connectivity index is 2.34. The van der Waals surface area contributed by atoms with Crippen LogP contribution in [0.15, 0.2) is 0 Å². The number of carbonyl (C=O) groups excluding carboxylic acids is 1. The fourth-order valence-electron chi connectivity index (χ4n) is 3.05. The first-order valence-corrected chi connectivity index (χ1v) is 6.82. The number of ketones is 1. The monoisotopic (exact) mass is 248 g/mol. The summed E-state index contributed by atoms with van der Waals surface area (Å²) in [6.07, 6.45) is 1.98. The molecule has 0 spiro atoms. The van der Waals surface area contributed by atoms with Crippen molar-refractivity contribution in [1.82, 2.24) is 9.88 Å². The summed E-state index contributed by atoms with van der Waals surface area (Å²) in [6.45, 7) is 7.29. The molecule has 0 radical (unpaired) electrons. The Morgan fingerprint density at radius 3 is 2.61 bits per heavy atom. The third-order valence-electron chi connectivity index (χ3n) is 3.89. The Morgan fingerprint density at radius 1 is 1.39 bits per heavy atom. The number of hydrogen-bond donors (Lipinski definition) is 1. The van der Waals surface area contributed by atoms with Crippen molar-refractivity contribution < 1.29 is 4.79 Å². The minimum absolute atomic E-state index is 0.169. The first-order chi connectivity index (χ1) is 8.41. The normalized spacial score (nSPS) is 19.7. The van der Waals surface area contributed by atoms with Crippen LogP contribution in [0.5, 0.6) is 0 Å². The number of fused-ring (bicyclic) bond motifs is 1. The molecule has 3 heteroatoms. The predicted octanol–water partition coefficient (Wildman–Crippen LogP) is 2.75. The van der Waals surface area contributed by atoms with Gasteiger partial charge in [-0.15, -0.1) is 0 Å². The molecule has 1 N–H and O–H groups in total. The zero-order valence-electron chi connectivity index (χ0n) is 12.1. The molecular weight excluding hydrogens is 224 g/mol. The minimum Gasteiger partial charge on any atom is -0.361 e. The van der Waals surface area contributed by atoms with Gasteiger partial charge < -0.3 is 9.88 Å². The van der Waals surface area contributed by atoms with Gasteiger partial charge in [0.2, 0.25) is 0 Å². The average molecular weight is 248 g/mol. The molecule has 1 aromatic heterocycles. The summed E-state index contributed by atoms with van der Waals surface area (Å²) < 4.78 is 0. The van der Waals surface area contributed by atoms with Crippen molar-refractivity contribution in [2.45, 2.75) is 39.5 Å². The van der Waals surface area contributed by atoms with Crippen LogP contribution >= 0.6 is 0 Å². The summed E-state index contributed by atoms with van der Waals surface area (Å²) in [6, 6.07) is 0. The van der Waals surface area contributed by atoms with Crippen LogP contribution in [0.1, 0.15) is 53.5 Å². The molecule has 2 rings (SSSR count). The summed E-state index contributed by atoms with van der Waals surface area (Å²) >= 11 is 0. The number of rotatable bonds is 3. The van der Waals surface area contributed by atoms with Gasteiger partial charge in [0.15, 0.2) is 5.78 Å². The van der Waals surface area contributed by atoms with Gasteiger partial charge in [-0.3, -0.25) is 4.79 Å². The Morgan fingerprint density at radius 2 is 2.06 bits per heavy atom. The third-order valence-corrected chi connectivity index (χ3v) is 3.89. The summed E-state index contributed by atoms with van der Waals surface area (Å²) in [5.41, 5.74) is 4.56. The Kier molecular flexibility index (Phi) is 3.62. The molecule has 1 heterocycles. The van der Waals surface area contributed by atoms with E-state index in [9.17, 15) is 4.79 Å². The highest BCUT2D eigenvalue weighted by atomic mass is 16.1. The first kappa shape index (κ1) is 13.3. The number of nitrogens with one attached hydrogen (secondary N) is 1. The van der Waals surface area contributed by atoms with Crippen LogP contribution in [-0.4, -0.2) is 36.3 Å². The summed E-state index contributed by atoms with van der Waals surface area (Å²) in [7, 11) is 4.07. The van der Waals surface area contributed by atoms with Gasteiger partial charge >= 0.3 is 0 Å². The molecule has 1 atom stereocenters. The Hall–Kier alpha value is -1.09. The van der Waals surface area contributed by atoms with Gasteiger partial charge in [0.25, 0.3) is 0 Å². The SMILES string of the molecule is Cc1c(C(C)C)[nH]c2c1C(=O)C(CN(C)C)CC2. The lowest BCUT2D eigenvalue weighted by molar-refractivity contribution is 0.0876. The number of H-pyrrole nitrogens is 1. The predicted molar refractivity (Wildman–Crippen MR) is 74.3 cm³/mol. The molecule has 3 nitrogen and oxygen atoms in total. The van der Waals surface area contributed by atoms with E-state index in [1.54, 1.807) is 0 Å². The quantitative estimate of drug-likeness (QED) is 0.893. The van der Waals surface area contributed by atoms with E-state index in [0.717, 1.165) is 30.6 Å². The van der Waals surface area contributed by atoms with Crippen molar-refractivity contribution in [3.63, 3.8) is 0 Å². The van der Waals surface area contributed by atoms with Gasteiger partial charge in [0.1, 0.15) is 0 Å². The van der Waals surface area contributed by atoms with E-state index in [-0.39, 0.29) is 5.92 Å². The fourth-order valence-corrected chi connectivity index (χ4v) is 3.05. The van der Waals surface area contributed by atoms with Crippen molar-refractivity contribution in [3.05, 3.63) is 22.5 Å². The highest BCUT2D eigenvalue weighted by Gasteiger charge is 2.31. The number of aromatic amines is 1. The molecule has 0 bridgehead atoms. The van der Waals surface area contributed by atoms with Crippen LogP contribution < -0.4 is 0 Å². The average Bonchev–Trinajstić information content (AvgIpc) is 2.60. The zero-order chi connectivity index (χ0) is 13.4. The van der Waals surface area contributed by atoms with E-state index < -0.39 is 0 Å². The van der Waals surface area contributed by atoms with Crippen LogP contribution in [0.4, 0.5) is 0 Å². The maximum absolute atomic E-state index is 12.6. The first-order valence-electron chi connectivity index (χ1n) is 6.82. The van der Waals surface area contributed by atoms with Gasteiger partial charge in [0, 0.05) is 29.4 Å². The maximum Gasteiger partial charge on any atom is 0.169 e. The van der Waals surface area contributed by atoms with Crippen molar-refractivity contribution in [2.75, 3.05) is 20.6 Å². The molecule has 18 heavy (non-hydrogen) atoms. The second kappa shape index (κ2) is 4.88. The van der Waals surface area contributed by atoms with E-state index >= 15 is 0 Å². The van der Waals surface area contributed by atoms with Crippen LogP contribution in [0.2, 0.25) is 0 Å². The largest absolute Gasteiger partial charge is 0.361 e. The molecule has 100 valence electrons. The molecule has 0 fully saturated rings. The van der Waals surface area contributed by atoms with Crippen LogP contribution in [0.25, 0.3) is 0 Å². The smallest absolute Gasteiger partial charge is 0.169 e. The molecule has 0 aromatic carbocycles. The number of aryl methyl sites for hydroxylation is 1. The molecule has 0 saturated heterocycles. The highest BCUT2D eigenvalue weighted by Crippen LogP contribution is 2.32. The topological polar surface area (TPSA) is 36.1 Å². The second-order valence-electron chi connectivity index (χ2n) is 6.03. The third kappa shape index (κ3) is 2.24. The number of nitrogens with zero attached hydrogens (tertiary/aromatic N) is 1. The lowest BCUT2D eigenvalue weighted by Gasteiger charge is -2.24. The molecular formula is C15H24N2O. The van der Waals surface area contributed by atoms with Crippen molar-refractivity contribution in [1.29, 1.82) is 0 Å². The standard InChI is InChI=1S/C15H24N2O/c1-9(2)14-10(3)13-12(16-14)7-6-11(15(13)18)8-17(4)5/h9,11,16H,6-8H2,1-5H3. The van der Waals surface area contributed by atoms with E-state index in [1.165, 1.54) is 11.3 Å². The number of carbonyl (C=O) groups is 1. The number of hydrogen-bond acceptors (Lipinski definition) is 2. The molecule has 1 aliphatic rings. The number of aromatic nitrogens is 1. The Bertz CT molecular complexity index is 457. The number of Topliss-reactive ketones (excluding diaryl/α,β-unsaturated/α-hetero) is 1. The van der Waals surface area contributed by atoms with E-state index in [0.29, 0.717) is 11.7 Å². The van der Waals surface area contributed by atoms with Crippen molar-refractivity contribution in [2.24, 2.45) is 5.92 Å². The van der Waals surface area contributed by atoms with Gasteiger partial charge in [-0.25, -0.2) is 0 Å². The summed E-state index contributed by atoms with van der Waals surface area (Å²) in [5.74, 6) is 0.961. The van der Waals surface area contributed by atoms with Crippen LogP contribution in [0, 0.1) is 12.8 Å². The molecule has 0 aliphatic heterocycles.